The number of hydrogen-bond acceptors (Lipinski definition) is 6. The number of carbonyl (C=O) groups excluding carboxylic acids is 2. The van der Waals surface area contributed by atoms with Crippen LogP contribution in [-0.4, -0.2) is 38.7 Å². The van der Waals surface area contributed by atoms with E-state index in [4.69, 9.17) is 14.2 Å². The van der Waals surface area contributed by atoms with Crippen molar-refractivity contribution < 1.29 is 23.8 Å². The fourth-order valence-corrected chi connectivity index (χ4v) is 3.19. The molecular weight excluding hydrogens is 372 g/mol. The van der Waals surface area contributed by atoms with Gasteiger partial charge in [0.25, 0.3) is 5.91 Å². The van der Waals surface area contributed by atoms with Crippen LogP contribution in [0.3, 0.4) is 0 Å². The van der Waals surface area contributed by atoms with Crippen molar-refractivity contribution >= 4 is 17.6 Å². The third-order valence-electron chi connectivity index (χ3n) is 4.66. The van der Waals surface area contributed by atoms with E-state index in [2.05, 4.69) is 10.6 Å². The van der Waals surface area contributed by atoms with E-state index in [1.54, 1.807) is 25.2 Å². The van der Waals surface area contributed by atoms with Crippen LogP contribution < -0.4 is 20.1 Å². The van der Waals surface area contributed by atoms with Gasteiger partial charge in [0.2, 0.25) is 0 Å². The number of fused-ring (bicyclic) bond motifs is 1. The van der Waals surface area contributed by atoms with Crippen molar-refractivity contribution in [2.24, 2.45) is 5.92 Å². The number of amides is 1. The molecule has 0 aromatic heterocycles. The zero-order chi connectivity index (χ0) is 20.8. The molecule has 1 heterocycles. The van der Waals surface area contributed by atoms with Gasteiger partial charge in [-0.25, -0.2) is 4.79 Å². The van der Waals surface area contributed by atoms with Crippen LogP contribution in [0.15, 0.2) is 42.5 Å². The monoisotopic (exact) mass is 398 g/mol. The summed E-state index contributed by atoms with van der Waals surface area (Å²) in [6, 6.07) is 12.4. The van der Waals surface area contributed by atoms with Gasteiger partial charge in [-0.3, -0.25) is 4.79 Å². The van der Waals surface area contributed by atoms with Crippen molar-refractivity contribution in [3.05, 3.63) is 53.6 Å². The summed E-state index contributed by atoms with van der Waals surface area (Å²) in [7, 11) is 1.72. The van der Waals surface area contributed by atoms with E-state index in [1.165, 1.54) is 0 Å². The third kappa shape index (κ3) is 4.99. The summed E-state index contributed by atoms with van der Waals surface area (Å²) < 4.78 is 16.4. The highest BCUT2D eigenvalue weighted by molar-refractivity contribution is 5.96. The summed E-state index contributed by atoms with van der Waals surface area (Å²) in [6.07, 6.45) is 0. The molecule has 1 aliphatic heterocycles. The predicted octanol–water partition coefficient (Wildman–Crippen LogP) is 3.17. The molecule has 1 atom stereocenters. The van der Waals surface area contributed by atoms with Crippen molar-refractivity contribution in [2.45, 2.75) is 19.9 Å². The zero-order valence-electron chi connectivity index (χ0n) is 16.9. The van der Waals surface area contributed by atoms with Gasteiger partial charge in [-0.05, 0) is 35.7 Å². The second-order valence-corrected chi connectivity index (χ2v) is 7.06. The van der Waals surface area contributed by atoms with Crippen molar-refractivity contribution in [3.63, 3.8) is 0 Å². The van der Waals surface area contributed by atoms with E-state index in [9.17, 15) is 9.59 Å². The minimum atomic E-state index is -0.550. The standard InChI is InChI=1S/C22H26N2O5/c1-14(2)21(15-8-9-18-19(12-15)28-11-10-27-18)24-20(25)13-29-22(26)16-6-4-5-7-17(16)23-3/h4-9,12,14,21,23H,10-11,13H2,1-3H3,(H,24,25)/t21-/m1/s1. The fraction of sp³-hybridized carbons (Fsp3) is 0.364. The maximum absolute atomic E-state index is 12.5. The van der Waals surface area contributed by atoms with E-state index in [1.807, 2.05) is 38.1 Å². The maximum Gasteiger partial charge on any atom is 0.340 e. The van der Waals surface area contributed by atoms with E-state index >= 15 is 0 Å². The van der Waals surface area contributed by atoms with Crippen molar-refractivity contribution in [1.29, 1.82) is 0 Å². The summed E-state index contributed by atoms with van der Waals surface area (Å²) in [5, 5.41) is 5.88. The summed E-state index contributed by atoms with van der Waals surface area (Å²) in [5.41, 5.74) is 1.94. The van der Waals surface area contributed by atoms with E-state index in [-0.39, 0.29) is 24.5 Å². The summed E-state index contributed by atoms with van der Waals surface area (Å²) >= 11 is 0. The first-order chi connectivity index (χ1) is 14.0. The molecule has 0 spiro atoms. The highest BCUT2D eigenvalue weighted by atomic mass is 16.6. The van der Waals surface area contributed by atoms with Crippen LogP contribution in [0.5, 0.6) is 11.5 Å². The topological polar surface area (TPSA) is 85.9 Å². The molecule has 3 rings (SSSR count). The molecule has 7 nitrogen and oxygen atoms in total. The van der Waals surface area contributed by atoms with Crippen LogP contribution >= 0.6 is 0 Å². The molecule has 0 radical (unpaired) electrons. The molecule has 29 heavy (non-hydrogen) atoms. The van der Waals surface area contributed by atoms with Gasteiger partial charge >= 0.3 is 5.97 Å². The summed E-state index contributed by atoms with van der Waals surface area (Å²) in [5.74, 6) is 0.580. The highest BCUT2D eigenvalue weighted by Gasteiger charge is 2.22. The molecule has 0 saturated carbocycles. The molecule has 2 aromatic rings. The minimum Gasteiger partial charge on any atom is -0.486 e. The fourth-order valence-electron chi connectivity index (χ4n) is 3.19. The number of para-hydroxylation sites is 1. The first kappa shape index (κ1) is 20.5. The third-order valence-corrected chi connectivity index (χ3v) is 4.66. The highest BCUT2D eigenvalue weighted by Crippen LogP contribution is 2.34. The Balaban J connectivity index is 1.63. The first-order valence-electron chi connectivity index (χ1n) is 9.62. The van der Waals surface area contributed by atoms with Gasteiger partial charge in [0, 0.05) is 12.7 Å². The van der Waals surface area contributed by atoms with Gasteiger partial charge in [0.15, 0.2) is 18.1 Å². The SMILES string of the molecule is CNc1ccccc1C(=O)OCC(=O)N[C@@H](c1ccc2c(c1)OCCO2)C(C)C. The van der Waals surface area contributed by atoms with Gasteiger partial charge in [-0.2, -0.15) is 0 Å². The Bertz CT molecular complexity index is 881. The van der Waals surface area contributed by atoms with Crippen LogP contribution in [0.1, 0.15) is 35.8 Å². The number of carbonyl (C=O) groups is 2. The number of rotatable bonds is 7. The normalized spacial score (nSPS) is 13.5. The van der Waals surface area contributed by atoms with Crippen molar-refractivity contribution in [3.8, 4) is 11.5 Å². The molecule has 0 aliphatic carbocycles. The molecule has 154 valence electrons. The molecule has 0 fully saturated rings. The molecule has 0 saturated heterocycles. The smallest absolute Gasteiger partial charge is 0.340 e. The van der Waals surface area contributed by atoms with Crippen molar-refractivity contribution in [2.75, 3.05) is 32.2 Å². The second-order valence-electron chi connectivity index (χ2n) is 7.06. The Morgan fingerprint density at radius 2 is 1.79 bits per heavy atom. The molecular formula is C22H26N2O5. The lowest BCUT2D eigenvalue weighted by molar-refractivity contribution is -0.125. The summed E-state index contributed by atoms with van der Waals surface area (Å²) in [4.78, 5) is 24.8. The predicted molar refractivity (Wildman–Crippen MR) is 109 cm³/mol. The number of esters is 1. The number of ether oxygens (including phenoxy) is 3. The maximum atomic E-state index is 12.5. The molecule has 2 aromatic carbocycles. The largest absolute Gasteiger partial charge is 0.486 e. The summed E-state index contributed by atoms with van der Waals surface area (Å²) in [6.45, 7) is 4.69. The Morgan fingerprint density at radius 3 is 2.52 bits per heavy atom. The van der Waals surface area contributed by atoms with E-state index < -0.39 is 5.97 Å². The molecule has 0 unspecified atom stereocenters. The molecule has 1 amide bonds. The molecule has 0 bridgehead atoms. The molecule has 1 aliphatic rings. The lowest BCUT2D eigenvalue weighted by atomic mass is 9.95. The lowest BCUT2D eigenvalue weighted by Crippen LogP contribution is -2.35. The van der Waals surface area contributed by atoms with Gasteiger partial charge < -0.3 is 24.8 Å². The Labute approximate surface area is 170 Å². The van der Waals surface area contributed by atoms with Gasteiger partial charge in [0.05, 0.1) is 11.6 Å². The van der Waals surface area contributed by atoms with Crippen LogP contribution in [-0.2, 0) is 9.53 Å². The molecule has 2 N–H and O–H groups in total. The number of hydrogen-bond donors (Lipinski definition) is 2. The van der Waals surface area contributed by atoms with Gasteiger partial charge in [-0.15, -0.1) is 0 Å². The van der Waals surface area contributed by atoms with Crippen LogP contribution in [0, 0.1) is 5.92 Å². The van der Waals surface area contributed by atoms with E-state index in [0.29, 0.717) is 36.0 Å². The van der Waals surface area contributed by atoms with Crippen LogP contribution in [0.2, 0.25) is 0 Å². The number of nitrogens with one attached hydrogen (secondary N) is 2. The Morgan fingerprint density at radius 1 is 1.07 bits per heavy atom. The Hall–Kier alpha value is -3.22. The van der Waals surface area contributed by atoms with Crippen LogP contribution in [0.4, 0.5) is 5.69 Å². The van der Waals surface area contributed by atoms with Crippen molar-refractivity contribution in [1.82, 2.24) is 5.32 Å². The van der Waals surface area contributed by atoms with Gasteiger partial charge in [0.1, 0.15) is 13.2 Å². The number of benzene rings is 2. The minimum absolute atomic E-state index is 0.127. The average Bonchev–Trinajstić information content (AvgIpc) is 2.75. The quantitative estimate of drug-likeness (QED) is 0.697. The molecule has 7 heteroatoms. The zero-order valence-corrected chi connectivity index (χ0v) is 16.9. The Kier molecular flexibility index (Phi) is 6.59. The van der Waals surface area contributed by atoms with E-state index in [0.717, 1.165) is 5.56 Å². The average molecular weight is 398 g/mol. The lowest BCUT2D eigenvalue weighted by Gasteiger charge is -2.25. The first-order valence-corrected chi connectivity index (χ1v) is 9.62. The van der Waals surface area contributed by atoms with Gasteiger partial charge in [-0.1, -0.05) is 32.0 Å². The second kappa shape index (κ2) is 9.32. The van der Waals surface area contributed by atoms with Crippen LogP contribution in [0.25, 0.3) is 0 Å². The number of anilines is 1.